The molecule has 3 rings (SSSR count). The zero-order valence-electron chi connectivity index (χ0n) is 11.8. The molecule has 5 heteroatoms. The number of hydrogen-bond acceptors (Lipinski definition) is 3. The second-order valence-electron chi connectivity index (χ2n) is 4.84. The highest BCUT2D eigenvalue weighted by Gasteiger charge is 2.23. The Labute approximate surface area is 141 Å². The van der Waals surface area contributed by atoms with Gasteiger partial charge in [-0.05, 0) is 58.4 Å². The zero-order valence-corrected chi connectivity index (χ0v) is 14.2. The van der Waals surface area contributed by atoms with Crippen LogP contribution in [0.1, 0.15) is 11.1 Å². The number of rotatable bonds is 2. The fourth-order valence-electron chi connectivity index (χ4n) is 1.95. The number of thioether (sulfide) groups is 1. The summed E-state index contributed by atoms with van der Waals surface area (Å²) in [5.74, 6) is -0.114. The summed E-state index contributed by atoms with van der Waals surface area (Å²) in [6.45, 7) is 2.04. The first kappa shape index (κ1) is 15.1. The van der Waals surface area contributed by atoms with Gasteiger partial charge in [-0.2, -0.15) is 0 Å². The molecule has 0 atom stereocenters. The van der Waals surface area contributed by atoms with E-state index in [0.717, 1.165) is 15.7 Å². The number of carbonyl (C=O) groups excluding carboxylic acids is 1. The van der Waals surface area contributed by atoms with Crippen molar-refractivity contribution in [2.75, 3.05) is 0 Å². The summed E-state index contributed by atoms with van der Waals surface area (Å²) < 4.78 is 0.897. The molecule has 0 bridgehead atoms. The number of carbonyl (C=O) groups is 1. The third kappa shape index (κ3) is 3.48. The van der Waals surface area contributed by atoms with Crippen molar-refractivity contribution in [2.24, 2.45) is 4.99 Å². The maximum atomic E-state index is 12.0. The Kier molecular flexibility index (Phi) is 4.45. The van der Waals surface area contributed by atoms with Crippen LogP contribution in [-0.4, -0.2) is 11.1 Å². The second kappa shape index (κ2) is 6.50. The van der Waals surface area contributed by atoms with Crippen LogP contribution < -0.4 is 5.32 Å². The van der Waals surface area contributed by atoms with Crippen LogP contribution in [0.3, 0.4) is 0 Å². The molecular weight excluding hydrogens is 360 g/mol. The smallest absolute Gasteiger partial charge is 0.264 e. The number of nitrogens with zero attached hydrogens (tertiary/aromatic N) is 1. The molecule has 2 aromatic carbocycles. The van der Waals surface area contributed by atoms with E-state index >= 15 is 0 Å². The molecule has 0 radical (unpaired) electrons. The molecule has 0 aliphatic carbocycles. The van der Waals surface area contributed by atoms with Gasteiger partial charge in [0, 0.05) is 4.47 Å². The van der Waals surface area contributed by atoms with E-state index in [2.05, 4.69) is 26.2 Å². The van der Waals surface area contributed by atoms with Gasteiger partial charge >= 0.3 is 0 Å². The number of para-hydroxylation sites is 1. The molecule has 0 unspecified atom stereocenters. The van der Waals surface area contributed by atoms with E-state index in [4.69, 9.17) is 0 Å². The Bertz CT molecular complexity index is 782. The van der Waals surface area contributed by atoms with Crippen molar-refractivity contribution < 1.29 is 4.79 Å². The predicted octanol–water partition coefficient (Wildman–Crippen LogP) is 4.65. The molecule has 110 valence electrons. The molecule has 0 spiro atoms. The fraction of sp³-hybridized carbons (Fsp3) is 0.0588. The fourth-order valence-corrected chi connectivity index (χ4v) is 3.15. The minimum Gasteiger partial charge on any atom is -0.300 e. The van der Waals surface area contributed by atoms with Gasteiger partial charge < -0.3 is 5.32 Å². The topological polar surface area (TPSA) is 41.5 Å². The summed E-state index contributed by atoms with van der Waals surface area (Å²) in [4.78, 5) is 17.2. The quantitative estimate of drug-likeness (QED) is 0.779. The number of amides is 1. The number of nitrogens with one attached hydrogen (secondary N) is 1. The summed E-state index contributed by atoms with van der Waals surface area (Å²) in [5, 5.41) is 3.39. The zero-order chi connectivity index (χ0) is 15.5. The standard InChI is InChI=1S/C17H13BrN2OS/c1-11-6-8-12(9-7-11)10-15-16(21)20-17(22-15)19-14-5-3-2-4-13(14)18/h2-10H,1H3,(H,19,20,21)/b15-10+. The highest BCUT2D eigenvalue weighted by Crippen LogP contribution is 2.30. The molecule has 1 saturated heterocycles. The van der Waals surface area contributed by atoms with Gasteiger partial charge in [0.1, 0.15) is 0 Å². The van der Waals surface area contributed by atoms with Gasteiger partial charge in [-0.1, -0.05) is 42.0 Å². The number of benzene rings is 2. The van der Waals surface area contributed by atoms with E-state index in [1.54, 1.807) is 0 Å². The monoisotopic (exact) mass is 372 g/mol. The number of aryl methyl sites for hydroxylation is 1. The lowest BCUT2D eigenvalue weighted by molar-refractivity contribution is -0.115. The van der Waals surface area contributed by atoms with Gasteiger partial charge in [-0.15, -0.1) is 0 Å². The predicted molar refractivity (Wildman–Crippen MR) is 96.1 cm³/mol. The number of amidine groups is 1. The van der Waals surface area contributed by atoms with Crippen molar-refractivity contribution in [2.45, 2.75) is 6.92 Å². The van der Waals surface area contributed by atoms with E-state index in [0.29, 0.717) is 10.1 Å². The number of hydrogen-bond donors (Lipinski definition) is 1. The van der Waals surface area contributed by atoms with Crippen molar-refractivity contribution in [3.05, 3.63) is 69.0 Å². The van der Waals surface area contributed by atoms with Crippen LogP contribution >= 0.6 is 27.7 Å². The van der Waals surface area contributed by atoms with E-state index in [1.165, 1.54) is 17.3 Å². The van der Waals surface area contributed by atoms with E-state index in [9.17, 15) is 4.79 Å². The molecule has 1 N–H and O–H groups in total. The van der Waals surface area contributed by atoms with Crippen molar-refractivity contribution in [1.82, 2.24) is 5.32 Å². The largest absolute Gasteiger partial charge is 0.300 e. The summed E-state index contributed by atoms with van der Waals surface area (Å²) >= 11 is 4.80. The van der Waals surface area contributed by atoms with Crippen LogP contribution in [0, 0.1) is 6.92 Å². The van der Waals surface area contributed by atoms with Crippen molar-refractivity contribution >= 4 is 50.5 Å². The van der Waals surface area contributed by atoms with Gasteiger partial charge in [0.25, 0.3) is 5.91 Å². The molecular formula is C17H13BrN2OS. The van der Waals surface area contributed by atoms with Crippen LogP contribution in [0.4, 0.5) is 5.69 Å². The lowest BCUT2D eigenvalue weighted by atomic mass is 10.1. The first-order valence-corrected chi connectivity index (χ1v) is 8.33. The average molecular weight is 373 g/mol. The van der Waals surface area contributed by atoms with Gasteiger partial charge in [0.15, 0.2) is 5.17 Å². The van der Waals surface area contributed by atoms with Crippen LogP contribution in [0.25, 0.3) is 6.08 Å². The molecule has 1 heterocycles. The molecule has 0 aromatic heterocycles. The SMILES string of the molecule is Cc1ccc(/C=C2/SC(=Nc3ccccc3Br)NC2=O)cc1. The van der Waals surface area contributed by atoms with Crippen molar-refractivity contribution in [3.63, 3.8) is 0 Å². The van der Waals surface area contributed by atoms with Crippen LogP contribution in [0.5, 0.6) is 0 Å². The highest BCUT2D eigenvalue weighted by atomic mass is 79.9. The molecule has 22 heavy (non-hydrogen) atoms. The highest BCUT2D eigenvalue weighted by molar-refractivity contribution is 9.10. The Morgan fingerprint density at radius 2 is 1.86 bits per heavy atom. The van der Waals surface area contributed by atoms with Crippen molar-refractivity contribution in [1.29, 1.82) is 0 Å². The number of aliphatic imine (C=N–C) groups is 1. The van der Waals surface area contributed by atoms with Crippen LogP contribution in [0.2, 0.25) is 0 Å². The first-order chi connectivity index (χ1) is 10.6. The third-order valence-electron chi connectivity index (χ3n) is 3.10. The molecule has 1 aliphatic rings. The van der Waals surface area contributed by atoms with Gasteiger partial charge in [0.05, 0.1) is 10.6 Å². The van der Waals surface area contributed by atoms with E-state index in [-0.39, 0.29) is 5.91 Å². The molecule has 1 fully saturated rings. The molecule has 0 saturated carbocycles. The Hall–Kier alpha value is -1.85. The van der Waals surface area contributed by atoms with Crippen LogP contribution in [0.15, 0.2) is 62.9 Å². The van der Waals surface area contributed by atoms with Crippen LogP contribution in [-0.2, 0) is 4.79 Å². The Morgan fingerprint density at radius 3 is 2.59 bits per heavy atom. The Morgan fingerprint density at radius 1 is 1.14 bits per heavy atom. The lowest BCUT2D eigenvalue weighted by Gasteiger charge is -1.98. The molecule has 2 aromatic rings. The van der Waals surface area contributed by atoms with E-state index < -0.39 is 0 Å². The maximum Gasteiger partial charge on any atom is 0.264 e. The summed E-state index contributed by atoms with van der Waals surface area (Å²) in [6, 6.07) is 15.7. The van der Waals surface area contributed by atoms with Crippen molar-refractivity contribution in [3.8, 4) is 0 Å². The lowest BCUT2D eigenvalue weighted by Crippen LogP contribution is -2.19. The number of halogens is 1. The minimum atomic E-state index is -0.114. The van der Waals surface area contributed by atoms with Gasteiger partial charge in [-0.3, -0.25) is 4.79 Å². The van der Waals surface area contributed by atoms with Gasteiger partial charge in [0.2, 0.25) is 0 Å². The first-order valence-electron chi connectivity index (χ1n) is 6.72. The summed E-state index contributed by atoms with van der Waals surface area (Å²) in [5.41, 5.74) is 2.99. The average Bonchev–Trinajstić information content (AvgIpc) is 2.84. The minimum absolute atomic E-state index is 0.114. The maximum absolute atomic E-state index is 12.0. The van der Waals surface area contributed by atoms with Gasteiger partial charge in [-0.25, -0.2) is 4.99 Å². The summed E-state index contributed by atoms with van der Waals surface area (Å²) in [6.07, 6.45) is 1.88. The second-order valence-corrected chi connectivity index (χ2v) is 6.73. The molecule has 3 nitrogen and oxygen atoms in total. The Balaban J connectivity index is 1.84. The summed E-state index contributed by atoms with van der Waals surface area (Å²) in [7, 11) is 0. The van der Waals surface area contributed by atoms with E-state index in [1.807, 2.05) is 61.5 Å². The normalized spacial score (nSPS) is 18.0. The molecule has 1 amide bonds. The third-order valence-corrected chi connectivity index (χ3v) is 4.68. The molecule has 1 aliphatic heterocycles.